The topological polar surface area (TPSA) is 90.5 Å². The fraction of sp³-hybridized carbons (Fsp3) is 0.333. The Labute approximate surface area is 263 Å². The quantitative estimate of drug-likeness (QED) is 0.280. The first-order valence-corrected chi connectivity index (χ1v) is 15.7. The van der Waals surface area contributed by atoms with Crippen LogP contribution >= 0.6 is 0 Å². The van der Waals surface area contributed by atoms with Crippen molar-refractivity contribution >= 4 is 17.6 Å². The van der Waals surface area contributed by atoms with Crippen LogP contribution in [0.2, 0.25) is 0 Å². The molecule has 0 unspecified atom stereocenters. The molecule has 2 N–H and O–H groups in total. The number of amides is 2. The monoisotopic (exact) mass is 606 g/mol. The number of anilines is 1. The van der Waals surface area contributed by atoms with Crippen LogP contribution in [0.4, 0.5) is 10.2 Å². The van der Waals surface area contributed by atoms with Crippen molar-refractivity contribution in [3.8, 4) is 11.1 Å². The van der Waals surface area contributed by atoms with Crippen LogP contribution in [-0.4, -0.2) is 64.9 Å². The Balaban J connectivity index is 0.943. The first-order valence-electron chi connectivity index (χ1n) is 15.7. The molecule has 2 fully saturated rings. The first-order chi connectivity index (χ1) is 21.9. The molecule has 0 bridgehead atoms. The lowest BCUT2D eigenvalue weighted by molar-refractivity contribution is 0.0906. The third-order valence-corrected chi connectivity index (χ3v) is 8.78. The summed E-state index contributed by atoms with van der Waals surface area (Å²) in [5.41, 5.74) is 4.19. The van der Waals surface area contributed by atoms with E-state index in [1.165, 1.54) is 12.1 Å². The lowest BCUT2D eigenvalue weighted by atomic mass is 10.0. The molecule has 6 rings (SSSR count). The van der Waals surface area contributed by atoms with Gasteiger partial charge in [-0.25, -0.2) is 9.37 Å². The zero-order valence-electron chi connectivity index (χ0n) is 25.6. The van der Waals surface area contributed by atoms with Crippen molar-refractivity contribution in [1.82, 2.24) is 25.5 Å². The van der Waals surface area contributed by atoms with E-state index in [9.17, 15) is 14.0 Å². The summed E-state index contributed by atoms with van der Waals surface area (Å²) in [6.45, 7) is 6.15. The number of carbonyl (C=O) groups excluding carboxylic acids is 2. The number of hydrogen-bond acceptors (Lipinski definition) is 6. The number of pyridine rings is 2. The van der Waals surface area contributed by atoms with Crippen molar-refractivity contribution in [2.24, 2.45) is 0 Å². The average Bonchev–Trinajstić information content (AvgIpc) is 3.07. The number of carbonyl (C=O) groups is 2. The van der Waals surface area contributed by atoms with E-state index in [-0.39, 0.29) is 29.7 Å². The Kier molecular flexibility index (Phi) is 9.45. The van der Waals surface area contributed by atoms with Crippen molar-refractivity contribution in [2.75, 3.05) is 31.1 Å². The second-order valence-corrected chi connectivity index (χ2v) is 12.0. The van der Waals surface area contributed by atoms with E-state index in [1.807, 2.05) is 55.6 Å². The van der Waals surface area contributed by atoms with Gasteiger partial charge in [0.15, 0.2) is 0 Å². The van der Waals surface area contributed by atoms with E-state index in [0.29, 0.717) is 22.3 Å². The van der Waals surface area contributed by atoms with E-state index >= 15 is 0 Å². The van der Waals surface area contributed by atoms with Gasteiger partial charge in [-0.15, -0.1) is 0 Å². The Morgan fingerprint density at radius 2 is 1.47 bits per heavy atom. The van der Waals surface area contributed by atoms with E-state index in [4.69, 9.17) is 4.98 Å². The molecular weight excluding hydrogens is 567 g/mol. The highest BCUT2D eigenvalue weighted by atomic mass is 19.1. The first kappa shape index (κ1) is 30.4. The van der Waals surface area contributed by atoms with Gasteiger partial charge in [0, 0.05) is 85.1 Å². The molecule has 0 aliphatic carbocycles. The van der Waals surface area contributed by atoms with Gasteiger partial charge in [0.05, 0.1) is 0 Å². The Morgan fingerprint density at radius 3 is 2.11 bits per heavy atom. The predicted molar refractivity (Wildman–Crippen MR) is 174 cm³/mol. The van der Waals surface area contributed by atoms with Crippen molar-refractivity contribution in [2.45, 2.75) is 51.2 Å². The molecule has 232 valence electrons. The van der Waals surface area contributed by atoms with Crippen LogP contribution in [0.25, 0.3) is 11.1 Å². The Bertz CT molecular complexity index is 1600. The van der Waals surface area contributed by atoms with Crippen LogP contribution < -0.4 is 15.5 Å². The summed E-state index contributed by atoms with van der Waals surface area (Å²) in [5, 5.41) is 6.31. The number of piperidine rings is 2. The highest BCUT2D eigenvalue weighted by molar-refractivity contribution is 5.96. The number of hydrogen-bond donors (Lipinski definition) is 2. The van der Waals surface area contributed by atoms with Crippen LogP contribution in [0, 0.1) is 12.7 Å². The molecule has 2 aromatic heterocycles. The molecule has 0 saturated carbocycles. The second-order valence-electron chi connectivity index (χ2n) is 12.0. The number of nitrogens with one attached hydrogen (secondary N) is 2. The van der Waals surface area contributed by atoms with Gasteiger partial charge in [-0.05, 0) is 80.6 Å². The third kappa shape index (κ3) is 7.72. The van der Waals surface area contributed by atoms with E-state index in [2.05, 4.69) is 37.6 Å². The summed E-state index contributed by atoms with van der Waals surface area (Å²) in [4.78, 5) is 39.2. The lowest BCUT2D eigenvalue weighted by Crippen LogP contribution is -2.45. The van der Waals surface area contributed by atoms with E-state index in [0.717, 1.165) is 75.5 Å². The van der Waals surface area contributed by atoms with Crippen LogP contribution in [0.1, 0.15) is 57.7 Å². The summed E-state index contributed by atoms with van der Waals surface area (Å²) < 4.78 is 14.5. The summed E-state index contributed by atoms with van der Waals surface area (Å²) in [5.74, 6) is 0.399. The highest BCUT2D eigenvalue weighted by Crippen LogP contribution is 2.24. The summed E-state index contributed by atoms with van der Waals surface area (Å²) in [6.07, 6.45) is 7.07. The van der Waals surface area contributed by atoms with Gasteiger partial charge in [-0.1, -0.05) is 30.3 Å². The molecule has 0 atom stereocenters. The molecule has 4 aromatic rings. The zero-order valence-corrected chi connectivity index (χ0v) is 25.6. The number of aromatic nitrogens is 2. The Morgan fingerprint density at radius 1 is 0.778 bits per heavy atom. The molecule has 45 heavy (non-hydrogen) atoms. The number of rotatable bonds is 8. The lowest BCUT2D eigenvalue weighted by Gasteiger charge is -2.34. The third-order valence-electron chi connectivity index (χ3n) is 8.78. The molecule has 2 saturated heterocycles. The number of benzene rings is 2. The normalized spacial score (nSPS) is 16.4. The van der Waals surface area contributed by atoms with E-state index in [1.54, 1.807) is 12.3 Å². The predicted octanol–water partition coefficient (Wildman–Crippen LogP) is 5.38. The summed E-state index contributed by atoms with van der Waals surface area (Å²) in [6, 6.07) is 22.0. The van der Waals surface area contributed by atoms with Gasteiger partial charge in [0.25, 0.3) is 11.8 Å². The van der Waals surface area contributed by atoms with Crippen molar-refractivity contribution in [1.29, 1.82) is 0 Å². The van der Waals surface area contributed by atoms with E-state index < -0.39 is 0 Å². The van der Waals surface area contributed by atoms with Gasteiger partial charge in [-0.3, -0.25) is 19.5 Å². The molecule has 0 spiro atoms. The van der Waals surface area contributed by atoms with Gasteiger partial charge >= 0.3 is 0 Å². The molecule has 2 aliphatic rings. The largest absolute Gasteiger partial charge is 0.356 e. The number of aryl methyl sites for hydroxylation is 1. The van der Waals surface area contributed by atoms with Gasteiger partial charge in [0.2, 0.25) is 0 Å². The minimum atomic E-state index is -0.373. The number of nitrogens with zero attached hydrogens (tertiary/aromatic N) is 4. The average molecular weight is 607 g/mol. The fourth-order valence-corrected chi connectivity index (χ4v) is 6.09. The maximum atomic E-state index is 14.5. The Hall–Kier alpha value is -4.63. The maximum Gasteiger partial charge on any atom is 0.251 e. The van der Waals surface area contributed by atoms with Crippen molar-refractivity contribution < 1.29 is 14.0 Å². The molecule has 8 nitrogen and oxygen atoms in total. The summed E-state index contributed by atoms with van der Waals surface area (Å²) >= 11 is 0. The SMILES string of the molecule is Cc1ccc(-c2cc(C(=O)NC3CCN(Cc4ccc(N5CCC(NC(=O)c6ccccc6)CC5)nc4)CC3)ccc2F)cn1. The van der Waals surface area contributed by atoms with Crippen LogP contribution in [0.15, 0.2) is 85.2 Å². The molecule has 2 amide bonds. The smallest absolute Gasteiger partial charge is 0.251 e. The minimum Gasteiger partial charge on any atom is -0.356 e. The number of likely N-dealkylation sites (tertiary alicyclic amines) is 1. The molecule has 4 heterocycles. The minimum absolute atomic E-state index is 0.0127. The van der Waals surface area contributed by atoms with Gasteiger partial charge in [-0.2, -0.15) is 0 Å². The van der Waals surface area contributed by atoms with Crippen LogP contribution in [0.3, 0.4) is 0 Å². The molecule has 2 aromatic carbocycles. The summed E-state index contributed by atoms with van der Waals surface area (Å²) in [7, 11) is 0. The zero-order chi connectivity index (χ0) is 31.2. The standard InChI is InChI=1S/C36H39FN6O2/c1-25-7-9-29(23-38-25)32-21-28(10-11-33(32)37)36(45)41-30-13-17-42(18-14-30)24-26-8-12-34(39-22-26)43-19-15-31(16-20-43)40-35(44)27-5-3-2-4-6-27/h2-12,21-23,30-31H,13-20,24H2,1H3,(H,40,44)(H,41,45). The fourth-order valence-electron chi connectivity index (χ4n) is 6.09. The van der Waals surface area contributed by atoms with Gasteiger partial charge < -0.3 is 15.5 Å². The van der Waals surface area contributed by atoms with Crippen molar-refractivity contribution in [3.05, 3.63) is 113 Å². The van der Waals surface area contributed by atoms with Crippen molar-refractivity contribution in [3.63, 3.8) is 0 Å². The van der Waals surface area contributed by atoms with Crippen LogP contribution in [-0.2, 0) is 6.54 Å². The van der Waals surface area contributed by atoms with Crippen LogP contribution in [0.5, 0.6) is 0 Å². The molecular formula is C36H39FN6O2. The molecule has 0 radical (unpaired) electrons. The maximum absolute atomic E-state index is 14.5. The molecule has 9 heteroatoms. The number of halogens is 1. The highest BCUT2D eigenvalue weighted by Gasteiger charge is 2.24. The van der Waals surface area contributed by atoms with Gasteiger partial charge in [0.1, 0.15) is 11.6 Å². The second kappa shape index (κ2) is 14.0. The molecule has 2 aliphatic heterocycles.